The Morgan fingerprint density at radius 1 is 0.893 bits per heavy atom. The van der Waals surface area contributed by atoms with E-state index in [1.165, 1.54) is 16.7 Å². The molecule has 1 N–H and O–H groups in total. The van der Waals surface area contributed by atoms with Crippen LogP contribution in [0.2, 0.25) is 0 Å². The lowest BCUT2D eigenvalue weighted by atomic mass is 9.68. The molecule has 2 nitrogen and oxygen atoms in total. The summed E-state index contributed by atoms with van der Waals surface area (Å²) < 4.78 is 6.04. The lowest BCUT2D eigenvalue weighted by Gasteiger charge is -2.36. The molecular weight excluding hydrogens is 344 g/mol. The van der Waals surface area contributed by atoms with Crippen LogP contribution in [0.15, 0.2) is 36.4 Å². The zero-order chi connectivity index (χ0) is 20.7. The van der Waals surface area contributed by atoms with E-state index in [4.69, 9.17) is 4.74 Å². The number of phenolic OH excluding ortho intramolecular Hbond substituents is 1. The summed E-state index contributed by atoms with van der Waals surface area (Å²) in [6.07, 6.45) is 5.50. The van der Waals surface area contributed by atoms with Gasteiger partial charge in [0, 0.05) is 5.41 Å². The molecule has 0 radical (unpaired) electrons. The van der Waals surface area contributed by atoms with Gasteiger partial charge in [-0.1, -0.05) is 64.8 Å². The molecule has 0 atom stereocenters. The van der Waals surface area contributed by atoms with Crippen LogP contribution < -0.4 is 4.74 Å². The van der Waals surface area contributed by atoms with E-state index in [2.05, 4.69) is 65.0 Å². The first-order valence-electron chi connectivity index (χ1n) is 10.9. The Kier molecular flexibility index (Phi) is 7.98. The van der Waals surface area contributed by atoms with Crippen LogP contribution in [-0.2, 0) is 5.41 Å². The molecule has 0 spiro atoms. The van der Waals surface area contributed by atoms with Gasteiger partial charge in [0.1, 0.15) is 11.5 Å². The van der Waals surface area contributed by atoms with Gasteiger partial charge in [0.15, 0.2) is 0 Å². The Morgan fingerprint density at radius 3 is 1.96 bits per heavy atom. The lowest BCUT2D eigenvalue weighted by molar-refractivity contribution is 0.287. The van der Waals surface area contributed by atoms with E-state index >= 15 is 0 Å². The molecule has 0 unspecified atom stereocenters. The van der Waals surface area contributed by atoms with E-state index in [1.807, 2.05) is 13.0 Å². The molecule has 0 saturated carbocycles. The Morgan fingerprint density at radius 2 is 1.46 bits per heavy atom. The molecule has 2 aromatic rings. The third-order valence-electron chi connectivity index (χ3n) is 5.78. The van der Waals surface area contributed by atoms with Gasteiger partial charge in [0.25, 0.3) is 0 Å². The molecule has 0 fully saturated rings. The molecule has 0 aliphatic heterocycles. The van der Waals surface area contributed by atoms with Crippen molar-refractivity contribution >= 4 is 0 Å². The highest BCUT2D eigenvalue weighted by molar-refractivity contribution is 5.48. The minimum absolute atomic E-state index is 0.0246. The van der Waals surface area contributed by atoms with E-state index in [1.54, 1.807) is 0 Å². The summed E-state index contributed by atoms with van der Waals surface area (Å²) in [7, 11) is 0. The smallest absolute Gasteiger partial charge is 0.122 e. The van der Waals surface area contributed by atoms with Crippen molar-refractivity contribution in [1.29, 1.82) is 0 Å². The summed E-state index contributed by atoms with van der Waals surface area (Å²) in [6, 6.07) is 12.8. The quantitative estimate of drug-likeness (QED) is 0.466. The van der Waals surface area contributed by atoms with Crippen LogP contribution >= 0.6 is 0 Å². The van der Waals surface area contributed by atoms with Crippen LogP contribution in [0.3, 0.4) is 0 Å². The van der Waals surface area contributed by atoms with Crippen molar-refractivity contribution < 1.29 is 9.84 Å². The van der Waals surface area contributed by atoms with Crippen molar-refractivity contribution in [3.05, 3.63) is 58.7 Å². The summed E-state index contributed by atoms with van der Waals surface area (Å²) in [4.78, 5) is 0. The highest BCUT2D eigenvalue weighted by Gasteiger charge is 2.33. The van der Waals surface area contributed by atoms with Crippen LogP contribution in [0.1, 0.15) is 82.1 Å². The standard InChI is InChI=1S/C26H38O2/c1-7-14-26(15-8-2,22-9-11-24(27)20(5)17-22)23-10-12-25(21(6)18-23)28-16-13-19(3)4/h9-12,17-19,27H,7-8,13-16H2,1-6H3. The topological polar surface area (TPSA) is 29.5 Å². The number of phenols is 1. The molecule has 28 heavy (non-hydrogen) atoms. The zero-order valence-corrected chi connectivity index (χ0v) is 18.6. The molecule has 0 aliphatic rings. The number of aryl methyl sites for hydroxylation is 2. The van der Waals surface area contributed by atoms with E-state index in [9.17, 15) is 5.11 Å². The molecule has 2 rings (SSSR count). The number of aromatic hydroxyl groups is 1. The molecule has 0 amide bonds. The van der Waals surface area contributed by atoms with Gasteiger partial charge < -0.3 is 9.84 Å². The average Bonchev–Trinajstić information content (AvgIpc) is 2.64. The van der Waals surface area contributed by atoms with E-state index in [-0.39, 0.29) is 5.41 Å². The van der Waals surface area contributed by atoms with E-state index in [0.29, 0.717) is 11.7 Å². The summed E-state index contributed by atoms with van der Waals surface area (Å²) in [5.41, 5.74) is 4.78. The van der Waals surface area contributed by atoms with Crippen molar-refractivity contribution in [2.75, 3.05) is 6.61 Å². The van der Waals surface area contributed by atoms with Crippen molar-refractivity contribution in [1.82, 2.24) is 0 Å². The fraction of sp³-hybridized carbons (Fsp3) is 0.538. The molecular formula is C26H38O2. The van der Waals surface area contributed by atoms with Crippen LogP contribution in [-0.4, -0.2) is 11.7 Å². The van der Waals surface area contributed by atoms with Gasteiger partial charge in [-0.15, -0.1) is 0 Å². The summed E-state index contributed by atoms with van der Waals surface area (Å²) >= 11 is 0. The van der Waals surface area contributed by atoms with Crippen LogP contribution in [0.25, 0.3) is 0 Å². The van der Waals surface area contributed by atoms with Gasteiger partial charge >= 0.3 is 0 Å². The lowest BCUT2D eigenvalue weighted by Crippen LogP contribution is -2.28. The summed E-state index contributed by atoms with van der Waals surface area (Å²) in [6.45, 7) is 13.9. The minimum atomic E-state index is -0.0246. The van der Waals surface area contributed by atoms with Gasteiger partial charge in [-0.2, -0.15) is 0 Å². The Bertz CT molecular complexity index is 755. The van der Waals surface area contributed by atoms with E-state index < -0.39 is 0 Å². The second-order valence-electron chi connectivity index (χ2n) is 8.59. The van der Waals surface area contributed by atoms with Crippen LogP contribution in [0.4, 0.5) is 0 Å². The van der Waals surface area contributed by atoms with Crippen molar-refractivity contribution in [2.24, 2.45) is 5.92 Å². The van der Waals surface area contributed by atoms with Gasteiger partial charge in [-0.05, 0) is 73.4 Å². The van der Waals surface area contributed by atoms with Crippen molar-refractivity contribution in [3.8, 4) is 11.5 Å². The SMILES string of the molecule is CCCC(CCC)(c1ccc(O)c(C)c1)c1ccc(OCCC(C)C)c(C)c1. The maximum Gasteiger partial charge on any atom is 0.122 e. The molecule has 0 heterocycles. The third kappa shape index (κ3) is 5.10. The highest BCUT2D eigenvalue weighted by atomic mass is 16.5. The highest BCUT2D eigenvalue weighted by Crippen LogP contribution is 2.43. The summed E-state index contributed by atoms with van der Waals surface area (Å²) in [5.74, 6) is 2.02. The minimum Gasteiger partial charge on any atom is -0.508 e. The Labute approximate surface area is 172 Å². The van der Waals surface area contributed by atoms with Gasteiger partial charge in [0.2, 0.25) is 0 Å². The van der Waals surface area contributed by atoms with E-state index in [0.717, 1.165) is 50.0 Å². The normalized spacial score (nSPS) is 11.8. The molecule has 0 bridgehead atoms. The van der Waals surface area contributed by atoms with Crippen LogP contribution in [0, 0.1) is 19.8 Å². The molecule has 0 aliphatic carbocycles. The molecule has 0 aromatic heterocycles. The molecule has 154 valence electrons. The van der Waals surface area contributed by atoms with Gasteiger partial charge in [-0.3, -0.25) is 0 Å². The third-order valence-corrected chi connectivity index (χ3v) is 5.78. The number of benzene rings is 2. The fourth-order valence-corrected chi connectivity index (χ4v) is 4.19. The van der Waals surface area contributed by atoms with Gasteiger partial charge in [-0.25, -0.2) is 0 Å². The number of hydrogen-bond acceptors (Lipinski definition) is 2. The Balaban J connectivity index is 2.45. The zero-order valence-electron chi connectivity index (χ0n) is 18.6. The first kappa shape index (κ1) is 22.3. The molecule has 2 heteroatoms. The van der Waals surface area contributed by atoms with Crippen molar-refractivity contribution in [3.63, 3.8) is 0 Å². The molecule has 0 saturated heterocycles. The monoisotopic (exact) mass is 382 g/mol. The second-order valence-corrected chi connectivity index (χ2v) is 8.59. The fourth-order valence-electron chi connectivity index (χ4n) is 4.19. The number of hydrogen-bond donors (Lipinski definition) is 1. The predicted octanol–water partition coefficient (Wildman–Crippen LogP) is 7.32. The van der Waals surface area contributed by atoms with Gasteiger partial charge in [0.05, 0.1) is 6.61 Å². The van der Waals surface area contributed by atoms with Crippen LogP contribution in [0.5, 0.6) is 11.5 Å². The predicted molar refractivity (Wildman–Crippen MR) is 120 cm³/mol. The molecule has 2 aromatic carbocycles. The second kappa shape index (κ2) is 10.0. The Hall–Kier alpha value is -1.96. The first-order chi connectivity index (χ1) is 13.3. The average molecular weight is 383 g/mol. The summed E-state index contributed by atoms with van der Waals surface area (Å²) in [5, 5.41) is 10.0. The number of ether oxygens (including phenoxy) is 1. The maximum absolute atomic E-state index is 10.0. The maximum atomic E-state index is 10.0. The van der Waals surface area contributed by atoms with Crippen molar-refractivity contribution in [2.45, 2.75) is 79.1 Å². The largest absolute Gasteiger partial charge is 0.508 e. The number of rotatable bonds is 10. The first-order valence-corrected chi connectivity index (χ1v) is 10.9.